The maximum atomic E-state index is 10.5. The molecule has 2 fully saturated rings. The quantitative estimate of drug-likeness (QED) is 0.620. The lowest BCUT2D eigenvalue weighted by molar-refractivity contribution is 0.133. The third kappa shape index (κ3) is 1.23. The predicted molar refractivity (Wildman–Crippen MR) is 35.6 cm³/mol. The first-order valence-electron chi connectivity index (χ1n) is 3.79. The number of amides is 1. The Morgan fingerprint density at radius 3 is 2.90 bits per heavy atom. The molecule has 1 amide bonds. The van der Waals surface area contributed by atoms with Crippen molar-refractivity contribution in [2.75, 3.05) is 6.54 Å². The molecule has 3 nitrogen and oxygen atoms in total. The van der Waals surface area contributed by atoms with E-state index in [1.54, 1.807) is 0 Å². The van der Waals surface area contributed by atoms with Crippen molar-refractivity contribution in [2.24, 2.45) is 5.92 Å². The van der Waals surface area contributed by atoms with Crippen LogP contribution < -0.4 is 5.32 Å². The minimum atomic E-state index is -0.245. The number of rotatable bonds is 2. The van der Waals surface area contributed by atoms with Gasteiger partial charge in [0.25, 0.3) is 0 Å². The molecule has 0 bridgehead atoms. The summed E-state index contributed by atoms with van der Waals surface area (Å²) in [4.78, 5) is 10.5. The van der Waals surface area contributed by atoms with Crippen LogP contribution in [0.3, 0.4) is 0 Å². The Bertz CT molecular complexity index is 154. The summed E-state index contributed by atoms with van der Waals surface area (Å²) in [5, 5.41) is 2.64. The van der Waals surface area contributed by atoms with Crippen LogP contribution in [0, 0.1) is 5.92 Å². The van der Waals surface area contributed by atoms with Crippen molar-refractivity contribution >= 4 is 6.09 Å². The highest BCUT2D eigenvalue weighted by atomic mass is 16.6. The first-order chi connectivity index (χ1) is 4.84. The van der Waals surface area contributed by atoms with E-state index < -0.39 is 0 Å². The molecule has 10 heavy (non-hydrogen) atoms. The fourth-order valence-corrected chi connectivity index (χ4v) is 1.29. The van der Waals surface area contributed by atoms with E-state index in [4.69, 9.17) is 4.74 Å². The molecule has 0 aromatic carbocycles. The number of carbonyl (C=O) groups excluding carboxylic acids is 1. The molecular weight excluding hydrogens is 130 g/mol. The monoisotopic (exact) mass is 141 g/mol. The van der Waals surface area contributed by atoms with Crippen LogP contribution in [0.1, 0.15) is 19.3 Å². The van der Waals surface area contributed by atoms with Crippen molar-refractivity contribution in [1.29, 1.82) is 0 Å². The Morgan fingerprint density at radius 1 is 1.60 bits per heavy atom. The standard InChI is InChI=1S/C7H11NO2/c9-7-8-4-6(10-7)3-5-1-2-5/h5-6H,1-4H2,(H,8,9). The van der Waals surface area contributed by atoms with E-state index in [2.05, 4.69) is 5.32 Å². The number of ether oxygens (including phenoxy) is 1. The Kier molecular flexibility index (Phi) is 1.29. The molecule has 1 atom stereocenters. The first kappa shape index (κ1) is 6.01. The van der Waals surface area contributed by atoms with Crippen molar-refractivity contribution in [1.82, 2.24) is 5.32 Å². The van der Waals surface area contributed by atoms with Crippen molar-refractivity contribution in [2.45, 2.75) is 25.4 Å². The number of carbonyl (C=O) groups is 1. The third-order valence-corrected chi connectivity index (χ3v) is 2.04. The van der Waals surface area contributed by atoms with Crippen LogP contribution in [0.15, 0.2) is 0 Å². The number of hydrogen-bond acceptors (Lipinski definition) is 2. The molecule has 0 radical (unpaired) electrons. The van der Waals surface area contributed by atoms with E-state index in [1.807, 2.05) is 0 Å². The first-order valence-corrected chi connectivity index (χ1v) is 3.79. The zero-order valence-electron chi connectivity index (χ0n) is 5.80. The molecule has 1 N–H and O–H groups in total. The third-order valence-electron chi connectivity index (χ3n) is 2.04. The van der Waals surface area contributed by atoms with Gasteiger partial charge in [-0.25, -0.2) is 4.79 Å². The smallest absolute Gasteiger partial charge is 0.407 e. The average molecular weight is 141 g/mol. The molecule has 1 aliphatic heterocycles. The summed E-state index contributed by atoms with van der Waals surface area (Å²) in [6, 6.07) is 0. The van der Waals surface area contributed by atoms with Gasteiger partial charge in [-0.3, -0.25) is 0 Å². The van der Waals surface area contributed by atoms with E-state index in [0.717, 1.165) is 18.9 Å². The highest BCUT2D eigenvalue weighted by Crippen LogP contribution is 2.34. The minimum absolute atomic E-state index is 0.167. The second-order valence-electron chi connectivity index (χ2n) is 3.09. The van der Waals surface area contributed by atoms with Gasteiger partial charge >= 0.3 is 6.09 Å². The molecular formula is C7H11NO2. The minimum Gasteiger partial charge on any atom is -0.444 e. The largest absolute Gasteiger partial charge is 0.444 e. The van der Waals surface area contributed by atoms with Crippen molar-refractivity contribution in [3.05, 3.63) is 0 Å². The van der Waals surface area contributed by atoms with E-state index >= 15 is 0 Å². The molecule has 1 saturated heterocycles. The molecule has 56 valence electrons. The Morgan fingerprint density at radius 2 is 2.40 bits per heavy atom. The SMILES string of the molecule is O=C1NCC(CC2CC2)O1. The average Bonchev–Trinajstić information content (AvgIpc) is 2.59. The van der Waals surface area contributed by atoms with Gasteiger partial charge in [0.15, 0.2) is 0 Å². The van der Waals surface area contributed by atoms with Crippen molar-refractivity contribution in [3.8, 4) is 0 Å². The Labute approximate surface area is 59.7 Å². The summed E-state index contributed by atoms with van der Waals surface area (Å²) in [6.07, 6.45) is 3.64. The second-order valence-corrected chi connectivity index (χ2v) is 3.09. The van der Waals surface area contributed by atoms with Crippen molar-refractivity contribution < 1.29 is 9.53 Å². The maximum Gasteiger partial charge on any atom is 0.407 e. The summed E-state index contributed by atoms with van der Waals surface area (Å²) in [6.45, 7) is 0.718. The fourth-order valence-electron chi connectivity index (χ4n) is 1.29. The Balaban J connectivity index is 1.77. The number of alkyl carbamates (subject to hydrolysis) is 1. The molecule has 2 aliphatic rings. The number of nitrogens with one attached hydrogen (secondary N) is 1. The number of hydrogen-bond donors (Lipinski definition) is 1. The Hall–Kier alpha value is -0.730. The van der Waals surface area contributed by atoms with Gasteiger partial charge in [0.05, 0.1) is 6.54 Å². The molecule has 3 heteroatoms. The summed E-state index contributed by atoms with van der Waals surface area (Å²) < 4.78 is 4.96. The topological polar surface area (TPSA) is 38.3 Å². The second kappa shape index (κ2) is 2.15. The van der Waals surface area contributed by atoms with Gasteiger partial charge in [-0.15, -0.1) is 0 Å². The molecule has 1 saturated carbocycles. The molecule has 1 heterocycles. The lowest BCUT2D eigenvalue weighted by Crippen LogP contribution is -2.15. The van der Waals surface area contributed by atoms with E-state index in [0.29, 0.717) is 0 Å². The van der Waals surface area contributed by atoms with E-state index in [-0.39, 0.29) is 12.2 Å². The molecule has 0 aromatic rings. The lowest BCUT2D eigenvalue weighted by atomic mass is 10.2. The fraction of sp³-hybridized carbons (Fsp3) is 0.857. The highest BCUT2D eigenvalue weighted by Gasteiger charge is 2.30. The van der Waals surface area contributed by atoms with Crippen LogP contribution in [0.5, 0.6) is 0 Å². The van der Waals surface area contributed by atoms with Crippen LogP contribution in [0.2, 0.25) is 0 Å². The zero-order valence-corrected chi connectivity index (χ0v) is 5.80. The summed E-state index contributed by atoms with van der Waals surface area (Å²) in [7, 11) is 0. The van der Waals surface area contributed by atoms with Gasteiger partial charge < -0.3 is 10.1 Å². The summed E-state index contributed by atoms with van der Waals surface area (Å²) >= 11 is 0. The molecule has 0 aromatic heterocycles. The van der Waals surface area contributed by atoms with Crippen LogP contribution in [0.25, 0.3) is 0 Å². The van der Waals surface area contributed by atoms with Crippen LogP contribution >= 0.6 is 0 Å². The number of cyclic esters (lactones) is 1. The molecule has 1 aliphatic carbocycles. The highest BCUT2D eigenvalue weighted by molar-refractivity contribution is 5.69. The van der Waals surface area contributed by atoms with Gasteiger partial charge in [0, 0.05) is 0 Å². The van der Waals surface area contributed by atoms with Gasteiger partial charge in [-0.1, -0.05) is 12.8 Å². The van der Waals surface area contributed by atoms with Gasteiger partial charge in [-0.05, 0) is 12.3 Å². The van der Waals surface area contributed by atoms with Crippen LogP contribution in [-0.4, -0.2) is 18.7 Å². The van der Waals surface area contributed by atoms with E-state index in [1.165, 1.54) is 12.8 Å². The lowest BCUT2D eigenvalue weighted by Gasteiger charge is -2.03. The van der Waals surface area contributed by atoms with Gasteiger partial charge in [0.1, 0.15) is 6.10 Å². The van der Waals surface area contributed by atoms with Crippen molar-refractivity contribution in [3.63, 3.8) is 0 Å². The zero-order chi connectivity index (χ0) is 6.97. The molecule has 2 rings (SSSR count). The van der Waals surface area contributed by atoms with E-state index in [9.17, 15) is 4.79 Å². The normalized spacial score (nSPS) is 31.6. The van der Waals surface area contributed by atoms with Gasteiger partial charge in [-0.2, -0.15) is 0 Å². The van der Waals surface area contributed by atoms with Gasteiger partial charge in [0.2, 0.25) is 0 Å². The maximum absolute atomic E-state index is 10.5. The summed E-state index contributed by atoms with van der Waals surface area (Å²) in [5.74, 6) is 0.845. The molecule has 0 spiro atoms. The summed E-state index contributed by atoms with van der Waals surface area (Å²) in [5.41, 5.74) is 0. The molecule has 1 unspecified atom stereocenters. The van der Waals surface area contributed by atoms with Crippen LogP contribution in [0.4, 0.5) is 4.79 Å². The van der Waals surface area contributed by atoms with Crippen LogP contribution in [-0.2, 0) is 4.74 Å². The predicted octanol–water partition coefficient (Wildman–Crippen LogP) is 0.895.